The number of nitrogens with zero attached hydrogens (tertiary/aromatic N) is 2. The highest BCUT2D eigenvalue weighted by Gasteiger charge is 2.25. The molecule has 5 nitrogen and oxygen atoms in total. The predicted molar refractivity (Wildman–Crippen MR) is 94.5 cm³/mol. The van der Waals surface area contributed by atoms with Gasteiger partial charge in [0.15, 0.2) is 0 Å². The molecule has 1 fully saturated rings. The van der Waals surface area contributed by atoms with Gasteiger partial charge in [0.25, 0.3) is 0 Å². The quantitative estimate of drug-likeness (QED) is 0.941. The maximum absolute atomic E-state index is 12.4. The number of carbonyl (C=O) groups is 2. The second-order valence-corrected chi connectivity index (χ2v) is 6.74. The van der Waals surface area contributed by atoms with E-state index in [-0.39, 0.29) is 17.7 Å². The molecule has 5 heteroatoms. The Morgan fingerprint density at radius 3 is 2.58 bits per heavy atom. The van der Waals surface area contributed by atoms with E-state index in [2.05, 4.69) is 48.1 Å². The largest absolute Gasteiger partial charge is 0.352 e. The fourth-order valence-corrected chi connectivity index (χ4v) is 3.44. The molecule has 1 saturated heterocycles. The molecule has 0 aliphatic carbocycles. The van der Waals surface area contributed by atoms with Crippen molar-refractivity contribution in [3.63, 3.8) is 0 Å². The number of piperidine rings is 1. The van der Waals surface area contributed by atoms with Crippen LogP contribution in [-0.2, 0) is 23.2 Å². The van der Waals surface area contributed by atoms with E-state index in [1.54, 1.807) is 6.92 Å². The molecule has 128 valence electrons. The topological polar surface area (TPSA) is 54.3 Å². The van der Waals surface area contributed by atoms with Gasteiger partial charge in [-0.2, -0.15) is 0 Å². The van der Waals surface area contributed by atoms with Crippen LogP contribution in [0.25, 0.3) is 10.9 Å². The van der Waals surface area contributed by atoms with Crippen molar-refractivity contribution in [2.75, 3.05) is 13.1 Å². The molecule has 1 aromatic heterocycles. The zero-order valence-electron chi connectivity index (χ0n) is 14.6. The molecule has 2 heterocycles. The summed E-state index contributed by atoms with van der Waals surface area (Å²) in [5.41, 5.74) is 3.55. The molecule has 1 aliphatic heterocycles. The molecule has 24 heavy (non-hydrogen) atoms. The van der Waals surface area contributed by atoms with Crippen molar-refractivity contribution in [3.8, 4) is 0 Å². The lowest BCUT2D eigenvalue weighted by Crippen LogP contribution is -2.42. The summed E-state index contributed by atoms with van der Waals surface area (Å²) in [4.78, 5) is 25.5. The minimum absolute atomic E-state index is 0.0169. The molecule has 0 atom stereocenters. The highest BCUT2D eigenvalue weighted by Crippen LogP contribution is 2.20. The van der Waals surface area contributed by atoms with E-state index in [0.717, 1.165) is 18.4 Å². The van der Waals surface area contributed by atoms with Gasteiger partial charge in [-0.1, -0.05) is 6.07 Å². The van der Waals surface area contributed by atoms with Gasteiger partial charge in [-0.3, -0.25) is 9.59 Å². The number of fused-ring (bicyclic) bond motifs is 1. The Bertz CT molecular complexity index is 770. The standard InChI is InChI=1S/C19H25N3O2/c1-13-10-17-11-15(4-5-18(17)21(13)3)12-20-19(24)16-6-8-22(9-7-16)14(2)23/h4-5,10-11,16H,6-9,12H2,1-3H3,(H,20,24). The van der Waals surface area contributed by atoms with E-state index in [4.69, 9.17) is 0 Å². The van der Waals surface area contributed by atoms with Crippen molar-refractivity contribution < 1.29 is 9.59 Å². The number of likely N-dealkylation sites (tertiary alicyclic amines) is 1. The van der Waals surface area contributed by atoms with Crippen LogP contribution < -0.4 is 5.32 Å². The Labute approximate surface area is 142 Å². The third-order valence-corrected chi connectivity index (χ3v) is 5.12. The van der Waals surface area contributed by atoms with Crippen LogP contribution in [-0.4, -0.2) is 34.4 Å². The van der Waals surface area contributed by atoms with E-state index < -0.39 is 0 Å². The normalized spacial score (nSPS) is 15.7. The van der Waals surface area contributed by atoms with Crippen molar-refractivity contribution in [2.24, 2.45) is 13.0 Å². The monoisotopic (exact) mass is 327 g/mol. The third kappa shape index (κ3) is 3.30. The van der Waals surface area contributed by atoms with Crippen molar-refractivity contribution in [3.05, 3.63) is 35.5 Å². The number of carbonyl (C=O) groups excluding carboxylic acids is 2. The van der Waals surface area contributed by atoms with Crippen LogP contribution in [0.5, 0.6) is 0 Å². The summed E-state index contributed by atoms with van der Waals surface area (Å²) in [5, 5.41) is 4.25. The Morgan fingerprint density at radius 2 is 1.92 bits per heavy atom. The van der Waals surface area contributed by atoms with E-state index >= 15 is 0 Å². The number of amides is 2. The number of aryl methyl sites for hydroxylation is 2. The van der Waals surface area contributed by atoms with E-state index in [9.17, 15) is 9.59 Å². The molecule has 0 bridgehead atoms. The highest BCUT2D eigenvalue weighted by molar-refractivity contribution is 5.82. The molecular formula is C19H25N3O2. The number of rotatable bonds is 3. The van der Waals surface area contributed by atoms with Gasteiger partial charge < -0.3 is 14.8 Å². The lowest BCUT2D eigenvalue weighted by molar-refractivity contribution is -0.134. The first kappa shape index (κ1) is 16.6. The van der Waals surface area contributed by atoms with Crippen LogP contribution in [0.4, 0.5) is 0 Å². The Hall–Kier alpha value is -2.30. The first-order valence-corrected chi connectivity index (χ1v) is 8.54. The van der Waals surface area contributed by atoms with Crippen LogP contribution in [0.15, 0.2) is 24.3 Å². The minimum atomic E-state index is 0.0169. The van der Waals surface area contributed by atoms with Gasteiger partial charge in [-0.25, -0.2) is 0 Å². The zero-order chi connectivity index (χ0) is 17.3. The molecule has 2 amide bonds. The van der Waals surface area contributed by atoms with Crippen molar-refractivity contribution in [2.45, 2.75) is 33.2 Å². The second kappa shape index (κ2) is 6.67. The first-order valence-electron chi connectivity index (χ1n) is 8.54. The van der Waals surface area contributed by atoms with E-state index in [1.165, 1.54) is 16.6 Å². The maximum atomic E-state index is 12.4. The summed E-state index contributed by atoms with van der Waals surface area (Å²) >= 11 is 0. The summed E-state index contributed by atoms with van der Waals surface area (Å²) < 4.78 is 2.17. The molecule has 0 radical (unpaired) electrons. The SMILES string of the molecule is CC(=O)N1CCC(C(=O)NCc2ccc3c(c2)cc(C)n3C)CC1. The van der Waals surface area contributed by atoms with Crippen LogP contribution in [0.1, 0.15) is 31.0 Å². The smallest absolute Gasteiger partial charge is 0.223 e. The van der Waals surface area contributed by atoms with Crippen molar-refractivity contribution in [1.29, 1.82) is 0 Å². The van der Waals surface area contributed by atoms with Gasteiger partial charge >= 0.3 is 0 Å². The Morgan fingerprint density at radius 1 is 1.21 bits per heavy atom. The molecule has 2 aromatic rings. The van der Waals surface area contributed by atoms with Crippen molar-refractivity contribution in [1.82, 2.24) is 14.8 Å². The minimum Gasteiger partial charge on any atom is -0.352 e. The average Bonchev–Trinajstić information content (AvgIpc) is 2.86. The number of hydrogen-bond acceptors (Lipinski definition) is 2. The maximum Gasteiger partial charge on any atom is 0.223 e. The van der Waals surface area contributed by atoms with Crippen LogP contribution in [0.2, 0.25) is 0 Å². The van der Waals surface area contributed by atoms with E-state index in [0.29, 0.717) is 19.6 Å². The van der Waals surface area contributed by atoms with Gasteiger partial charge in [-0.05, 0) is 43.5 Å². The molecular weight excluding hydrogens is 302 g/mol. The molecule has 0 spiro atoms. The Kier molecular flexibility index (Phi) is 4.60. The molecule has 3 rings (SSSR count). The third-order valence-electron chi connectivity index (χ3n) is 5.12. The van der Waals surface area contributed by atoms with Crippen molar-refractivity contribution >= 4 is 22.7 Å². The summed E-state index contributed by atoms with van der Waals surface area (Å²) in [5.74, 6) is 0.214. The van der Waals surface area contributed by atoms with Crippen LogP contribution in [0.3, 0.4) is 0 Å². The molecule has 1 aromatic carbocycles. The lowest BCUT2D eigenvalue weighted by atomic mass is 9.96. The predicted octanol–water partition coefficient (Wildman–Crippen LogP) is 2.36. The number of nitrogens with one attached hydrogen (secondary N) is 1. The van der Waals surface area contributed by atoms with Gasteiger partial charge in [0.1, 0.15) is 0 Å². The fraction of sp³-hybridized carbons (Fsp3) is 0.474. The van der Waals surface area contributed by atoms with Gasteiger partial charge in [0.2, 0.25) is 11.8 Å². The number of benzene rings is 1. The molecule has 0 unspecified atom stereocenters. The van der Waals surface area contributed by atoms with Gasteiger partial charge in [-0.15, -0.1) is 0 Å². The number of aromatic nitrogens is 1. The highest BCUT2D eigenvalue weighted by atomic mass is 16.2. The molecule has 1 aliphatic rings. The molecule has 1 N–H and O–H groups in total. The zero-order valence-corrected chi connectivity index (χ0v) is 14.6. The molecule has 0 saturated carbocycles. The fourth-order valence-electron chi connectivity index (χ4n) is 3.44. The lowest BCUT2D eigenvalue weighted by Gasteiger charge is -2.30. The number of hydrogen-bond donors (Lipinski definition) is 1. The first-order chi connectivity index (χ1) is 11.5. The van der Waals surface area contributed by atoms with Crippen LogP contribution >= 0.6 is 0 Å². The summed E-state index contributed by atoms with van der Waals surface area (Å²) in [6.07, 6.45) is 1.50. The van der Waals surface area contributed by atoms with Gasteiger partial charge in [0, 0.05) is 56.1 Å². The average molecular weight is 327 g/mol. The van der Waals surface area contributed by atoms with Gasteiger partial charge in [0.05, 0.1) is 0 Å². The summed E-state index contributed by atoms with van der Waals surface area (Å²) in [6.45, 7) is 5.59. The second-order valence-electron chi connectivity index (χ2n) is 6.74. The van der Waals surface area contributed by atoms with Crippen LogP contribution in [0, 0.1) is 12.8 Å². The Balaban J connectivity index is 1.57. The summed E-state index contributed by atoms with van der Waals surface area (Å²) in [6, 6.07) is 8.48. The van der Waals surface area contributed by atoms with E-state index in [1.807, 2.05) is 4.90 Å². The summed E-state index contributed by atoms with van der Waals surface area (Å²) in [7, 11) is 2.06.